The fourth-order valence-electron chi connectivity index (χ4n) is 3.29. The average Bonchev–Trinajstić information content (AvgIpc) is 2.81. The standard InChI is InChI=1S/C21H23NO11S/c1-12-3-9-15(10-4-12)34(28,29)33-19-18(17(24)16(11-23)31-21(19)30-2)32-20(25)13-5-7-14(8-6-13)22(26)27/h3-10,16-19,21,23-24H,11H2,1-2H3/t16-,17+,18+,19-,21-/m0/s1. The van der Waals surface area contributed by atoms with Crippen LogP contribution >= 0.6 is 0 Å². The number of rotatable bonds is 8. The van der Waals surface area contributed by atoms with E-state index in [9.17, 15) is 33.5 Å². The third-order valence-corrected chi connectivity index (χ3v) is 6.46. The van der Waals surface area contributed by atoms with Crippen LogP contribution in [0.15, 0.2) is 53.4 Å². The van der Waals surface area contributed by atoms with Crippen LogP contribution in [0.2, 0.25) is 0 Å². The van der Waals surface area contributed by atoms with Crippen LogP contribution in [-0.2, 0) is 28.5 Å². The molecule has 0 bridgehead atoms. The Morgan fingerprint density at radius 3 is 2.26 bits per heavy atom. The van der Waals surface area contributed by atoms with E-state index in [2.05, 4.69) is 0 Å². The van der Waals surface area contributed by atoms with E-state index in [1.54, 1.807) is 19.1 Å². The molecule has 2 N–H and O–H groups in total. The minimum absolute atomic E-state index is 0.0982. The van der Waals surface area contributed by atoms with Crippen molar-refractivity contribution < 1.29 is 46.7 Å². The van der Waals surface area contributed by atoms with Crippen molar-refractivity contribution in [3.8, 4) is 0 Å². The fraction of sp³-hybridized carbons (Fsp3) is 0.381. The van der Waals surface area contributed by atoms with Gasteiger partial charge in [-0.15, -0.1) is 0 Å². The molecule has 0 aliphatic carbocycles. The van der Waals surface area contributed by atoms with Gasteiger partial charge in [0.05, 0.1) is 22.0 Å². The summed E-state index contributed by atoms with van der Waals surface area (Å²) in [6.07, 6.45) is -7.68. The van der Waals surface area contributed by atoms with Crippen molar-refractivity contribution in [1.29, 1.82) is 0 Å². The number of aliphatic hydroxyl groups excluding tert-OH is 2. The van der Waals surface area contributed by atoms with E-state index in [-0.39, 0.29) is 16.1 Å². The highest BCUT2D eigenvalue weighted by Crippen LogP contribution is 2.30. The molecule has 0 amide bonds. The number of benzene rings is 2. The molecule has 0 aromatic heterocycles. The predicted molar refractivity (Wildman–Crippen MR) is 114 cm³/mol. The van der Waals surface area contributed by atoms with Gasteiger partial charge in [0, 0.05) is 19.2 Å². The number of nitro groups is 1. The van der Waals surface area contributed by atoms with Gasteiger partial charge >= 0.3 is 5.97 Å². The summed E-state index contributed by atoms with van der Waals surface area (Å²) in [6, 6.07) is 10.2. The Balaban J connectivity index is 1.91. The zero-order chi connectivity index (χ0) is 25.0. The number of hydrogen-bond donors (Lipinski definition) is 2. The first-order valence-corrected chi connectivity index (χ1v) is 11.4. The fourth-order valence-corrected chi connectivity index (χ4v) is 4.36. The van der Waals surface area contributed by atoms with Crippen LogP contribution in [0.25, 0.3) is 0 Å². The number of carbonyl (C=O) groups excluding carboxylic acids is 1. The highest BCUT2D eigenvalue weighted by atomic mass is 32.2. The van der Waals surface area contributed by atoms with Crippen LogP contribution in [0.5, 0.6) is 0 Å². The molecular weight excluding hydrogens is 474 g/mol. The number of hydrogen-bond acceptors (Lipinski definition) is 11. The maximum Gasteiger partial charge on any atom is 0.338 e. The first kappa shape index (κ1) is 25.7. The lowest BCUT2D eigenvalue weighted by Crippen LogP contribution is -2.61. The zero-order valence-corrected chi connectivity index (χ0v) is 19.0. The van der Waals surface area contributed by atoms with Gasteiger partial charge in [0.1, 0.15) is 12.2 Å². The summed E-state index contributed by atoms with van der Waals surface area (Å²) in [5, 5.41) is 31.0. The van der Waals surface area contributed by atoms with Gasteiger partial charge in [0.2, 0.25) is 0 Å². The first-order valence-electron chi connectivity index (χ1n) is 10.00. The van der Waals surface area contributed by atoms with E-state index in [1.165, 1.54) is 19.2 Å². The molecule has 0 saturated carbocycles. The number of carbonyl (C=O) groups is 1. The SMILES string of the molecule is CO[C@H]1O[C@@H](CO)[C@@H](O)[C@@H](OC(=O)c2ccc([N+](=O)[O-])cc2)[C@@H]1OS(=O)(=O)c1ccc(C)cc1. The van der Waals surface area contributed by atoms with E-state index in [0.29, 0.717) is 0 Å². The van der Waals surface area contributed by atoms with Crippen molar-refractivity contribution >= 4 is 21.8 Å². The molecule has 2 aromatic rings. The Bertz CT molecular complexity index is 1120. The molecule has 0 unspecified atom stereocenters. The van der Waals surface area contributed by atoms with Crippen molar-refractivity contribution in [3.05, 3.63) is 69.8 Å². The maximum atomic E-state index is 12.9. The molecule has 1 fully saturated rings. The molecule has 1 aliphatic rings. The highest BCUT2D eigenvalue weighted by molar-refractivity contribution is 7.86. The van der Waals surface area contributed by atoms with Gasteiger partial charge in [0.15, 0.2) is 18.5 Å². The van der Waals surface area contributed by atoms with Gasteiger partial charge in [-0.3, -0.25) is 14.3 Å². The summed E-state index contributed by atoms with van der Waals surface area (Å²) in [5.41, 5.74) is 0.456. The van der Waals surface area contributed by atoms with Crippen molar-refractivity contribution in [3.63, 3.8) is 0 Å². The molecule has 1 aliphatic heterocycles. The largest absolute Gasteiger partial charge is 0.453 e. The molecule has 13 heteroatoms. The average molecular weight is 497 g/mol. The summed E-state index contributed by atoms with van der Waals surface area (Å²) in [5.74, 6) is -1.02. The number of aryl methyl sites for hydroxylation is 1. The Morgan fingerprint density at radius 1 is 1.12 bits per heavy atom. The summed E-state index contributed by atoms with van der Waals surface area (Å²) < 4.78 is 46.9. The molecule has 12 nitrogen and oxygen atoms in total. The van der Waals surface area contributed by atoms with E-state index in [0.717, 1.165) is 29.8 Å². The second-order valence-corrected chi connectivity index (χ2v) is 9.03. The van der Waals surface area contributed by atoms with Crippen LogP contribution in [0, 0.1) is 17.0 Å². The maximum absolute atomic E-state index is 12.9. The second-order valence-electron chi connectivity index (χ2n) is 7.45. The minimum Gasteiger partial charge on any atom is -0.453 e. The first-order chi connectivity index (χ1) is 16.1. The van der Waals surface area contributed by atoms with Gasteiger partial charge in [-0.25, -0.2) is 4.79 Å². The van der Waals surface area contributed by atoms with Gasteiger partial charge < -0.3 is 24.4 Å². The number of esters is 1. The Labute approximate surface area is 194 Å². The summed E-state index contributed by atoms with van der Waals surface area (Å²) >= 11 is 0. The molecule has 34 heavy (non-hydrogen) atoms. The van der Waals surface area contributed by atoms with Crippen LogP contribution in [0.3, 0.4) is 0 Å². The molecule has 184 valence electrons. The highest BCUT2D eigenvalue weighted by Gasteiger charge is 2.50. The van der Waals surface area contributed by atoms with Gasteiger partial charge in [-0.1, -0.05) is 17.7 Å². The van der Waals surface area contributed by atoms with Gasteiger partial charge in [-0.2, -0.15) is 8.42 Å². The molecule has 0 spiro atoms. The van der Waals surface area contributed by atoms with Crippen LogP contribution < -0.4 is 0 Å². The minimum atomic E-state index is -4.42. The molecule has 3 rings (SSSR count). The third-order valence-electron chi connectivity index (χ3n) is 5.14. The smallest absolute Gasteiger partial charge is 0.338 e. The van der Waals surface area contributed by atoms with Crippen LogP contribution in [-0.4, -0.2) is 73.9 Å². The number of nitrogens with zero attached hydrogens (tertiary/aromatic N) is 1. The normalized spacial score (nSPS) is 25.0. The lowest BCUT2D eigenvalue weighted by Gasteiger charge is -2.42. The van der Waals surface area contributed by atoms with Gasteiger partial charge in [-0.05, 0) is 31.2 Å². The predicted octanol–water partition coefficient (Wildman–Crippen LogP) is 0.927. The topological polar surface area (TPSA) is 172 Å². The Hall–Kier alpha value is -2.94. The van der Waals surface area contributed by atoms with Crippen LogP contribution in [0.1, 0.15) is 15.9 Å². The molecule has 1 heterocycles. The molecular formula is C21H23NO11S. The number of aliphatic hydroxyl groups is 2. The molecule has 1 saturated heterocycles. The lowest BCUT2D eigenvalue weighted by molar-refractivity contribution is -0.384. The van der Waals surface area contributed by atoms with Crippen molar-refractivity contribution in [2.24, 2.45) is 0 Å². The van der Waals surface area contributed by atoms with E-state index in [4.69, 9.17) is 18.4 Å². The zero-order valence-electron chi connectivity index (χ0n) is 18.1. The van der Waals surface area contributed by atoms with E-state index in [1.807, 2.05) is 0 Å². The number of nitro benzene ring substituents is 1. The van der Waals surface area contributed by atoms with E-state index >= 15 is 0 Å². The Kier molecular flexibility index (Phi) is 7.97. The lowest BCUT2D eigenvalue weighted by atomic mass is 9.99. The molecule has 5 atom stereocenters. The van der Waals surface area contributed by atoms with Gasteiger partial charge in [0.25, 0.3) is 15.8 Å². The monoisotopic (exact) mass is 497 g/mol. The van der Waals surface area contributed by atoms with E-state index < -0.39 is 58.3 Å². The Morgan fingerprint density at radius 2 is 1.74 bits per heavy atom. The van der Waals surface area contributed by atoms with Crippen molar-refractivity contribution in [1.82, 2.24) is 0 Å². The number of methoxy groups -OCH3 is 1. The second kappa shape index (κ2) is 10.5. The van der Waals surface area contributed by atoms with Crippen molar-refractivity contribution in [2.75, 3.05) is 13.7 Å². The summed E-state index contributed by atoms with van der Waals surface area (Å²) in [4.78, 5) is 22.7. The van der Waals surface area contributed by atoms with Crippen LogP contribution in [0.4, 0.5) is 5.69 Å². The summed E-state index contributed by atoms with van der Waals surface area (Å²) in [6.45, 7) is 1.08. The number of non-ortho nitro benzene ring substituents is 1. The molecule has 0 radical (unpaired) electrons. The number of ether oxygens (including phenoxy) is 3. The summed E-state index contributed by atoms with van der Waals surface area (Å²) in [7, 11) is -3.23. The molecule has 2 aromatic carbocycles. The third kappa shape index (κ3) is 5.58. The quantitative estimate of drug-likeness (QED) is 0.230. The van der Waals surface area contributed by atoms with Crippen molar-refractivity contribution in [2.45, 2.75) is 42.5 Å².